The van der Waals surface area contributed by atoms with Gasteiger partial charge in [-0.05, 0) is 49.6 Å². The smallest absolute Gasteiger partial charge is 0.257 e. The van der Waals surface area contributed by atoms with Gasteiger partial charge < -0.3 is 16.0 Å². The molecule has 2 aromatic carbocycles. The molecule has 0 aromatic heterocycles. The third-order valence-electron chi connectivity index (χ3n) is 4.23. The summed E-state index contributed by atoms with van der Waals surface area (Å²) in [4.78, 5) is 14.8. The van der Waals surface area contributed by atoms with Crippen molar-refractivity contribution < 1.29 is 4.79 Å². The molecule has 25 heavy (non-hydrogen) atoms. The van der Waals surface area contributed by atoms with Gasteiger partial charge in [0, 0.05) is 18.1 Å². The number of nitrogen functional groups attached to an aromatic ring is 1. The zero-order chi connectivity index (χ0) is 18.0. The lowest BCUT2D eigenvalue weighted by atomic mass is 10.1. The lowest BCUT2D eigenvalue weighted by molar-refractivity contribution is 0.102. The minimum atomic E-state index is -0.372. The maximum Gasteiger partial charge on any atom is 0.257 e. The molecule has 0 atom stereocenters. The van der Waals surface area contributed by atoms with Crippen LogP contribution < -0.4 is 16.0 Å². The molecule has 0 unspecified atom stereocenters. The minimum Gasteiger partial charge on any atom is -0.397 e. The Balaban J connectivity index is 1.89. The lowest BCUT2D eigenvalue weighted by Crippen LogP contribution is -2.30. The maximum absolute atomic E-state index is 12.6. The normalized spacial score (nSPS) is 14.4. The number of anilines is 3. The highest BCUT2D eigenvalue weighted by atomic mass is 35.5. The Bertz CT molecular complexity index is 804. The number of amides is 1. The van der Waals surface area contributed by atoms with Crippen molar-refractivity contribution >= 4 is 57.8 Å². The molecular weight excluding hydrogens is 381 g/mol. The van der Waals surface area contributed by atoms with E-state index < -0.39 is 0 Å². The molecular formula is C18H18Cl3N3O. The highest BCUT2D eigenvalue weighted by Gasteiger charge is 2.18. The van der Waals surface area contributed by atoms with Gasteiger partial charge in [-0.25, -0.2) is 0 Å². The van der Waals surface area contributed by atoms with Crippen molar-refractivity contribution in [1.29, 1.82) is 0 Å². The van der Waals surface area contributed by atoms with Gasteiger partial charge >= 0.3 is 0 Å². The number of hydrogen-bond acceptors (Lipinski definition) is 3. The van der Waals surface area contributed by atoms with E-state index in [0.717, 1.165) is 31.6 Å². The molecule has 3 N–H and O–H groups in total. The number of nitrogens with two attached hydrogens (primary N) is 1. The number of nitrogens with one attached hydrogen (secondary N) is 1. The van der Waals surface area contributed by atoms with Crippen molar-refractivity contribution in [3.05, 3.63) is 51.0 Å². The number of hydrogen-bond donors (Lipinski definition) is 2. The molecule has 132 valence electrons. The third-order valence-corrected chi connectivity index (χ3v) is 5.11. The van der Waals surface area contributed by atoms with E-state index in [1.165, 1.54) is 12.5 Å². The first kappa shape index (κ1) is 18.2. The summed E-state index contributed by atoms with van der Waals surface area (Å²) in [6, 6.07) is 8.23. The largest absolute Gasteiger partial charge is 0.397 e. The number of benzene rings is 2. The summed E-state index contributed by atoms with van der Waals surface area (Å²) in [7, 11) is 0. The zero-order valence-electron chi connectivity index (χ0n) is 13.5. The summed E-state index contributed by atoms with van der Waals surface area (Å²) in [5, 5.41) is 3.95. The van der Waals surface area contributed by atoms with Crippen LogP contribution in [-0.4, -0.2) is 19.0 Å². The Hall–Kier alpha value is -1.62. The van der Waals surface area contributed by atoms with Gasteiger partial charge in [-0.15, -0.1) is 0 Å². The van der Waals surface area contributed by atoms with Crippen molar-refractivity contribution in [1.82, 2.24) is 0 Å². The Morgan fingerprint density at radius 3 is 2.44 bits per heavy atom. The molecule has 1 aliphatic heterocycles. The molecule has 0 aliphatic carbocycles. The molecule has 1 fully saturated rings. The Labute approximate surface area is 161 Å². The third kappa shape index (κ3) is 4.14. The summed E-state index contributed by atoms with van der Waals surface area (Å²) in [6.45, 7) is 1.89. The van der Waals surface area contributed by atoms with E-state index in [2.05, 4.69) is 10.2 Å². The highest BCUT2D eigenvalue weighted by Crippen LogP contribution is 2.35. The van der Waals surface area contributed by atoms with Crippen molar-refractivity contribution in [3.8, 4) is 0 Å². The second-order valence-corrected chi connectivity index (χ2v) is 7.27. The first-order chi connectivity index (χ1) is 12.0. The second kappa shape index (κ2) is 7.73. The zero-order valence-corrected chi connectivity index (χ0v) is 15.8. The monoisotopic (exact) mass is 397 g/mol. The molecule has 0 saturated carbocycles. The van der Waals surface area contributed by atoms with Gasteiger partial charge in [-0.2, -0.15) is 0 Å². The van der Waals surface area contributed by atoms with Gasteiger partial charge in [-0.1, -0.05) is 34.8 Å². The number of carbonyl (C=O) groups excluding carboxylic acids is 1. The van der Waals surface area contributed by atoms with E-state index in [1.54, 1.807) is 18.2 Å². The predicted octanol–water partition coefficient (Wildman–Crippen LogP) is 5.47. The van der Waals surface area contributed by atoms with Crippen LogP contribution in [0.5, 0.6) is 0 Å². The predicted molar refractivity (Wildman–Crippen MR) is 106 cm³/mol. The van der Waals surface area contributed by atoms with Gasteiger partial charge in [0.25, 0.3) is 5.91 Å². The minimum absolute atomic E-state index is 0.293. The number of carbonyl (C=O) groups is 1. The lowest BCUT2D eigenvalue weighted by Gasteiger charge is -2.30. The fraction of sp³-hybridized carbons (Fsp3) is 0.278. The van der Waals surface area contributed by atoms with E-state index in [0.29, 0.717) is 32.0 Å². The van der Waals surface area contributed by atoms with Gasteiger partial charge in [0.05, 0.1) is 32.7 Å². The van der Waals surface area contributed by atoms with E-state index in [4.69, 9.17) is 40.5 Å². The molecule has 1 heterocycles. The molecule has 1 aliphatic rings. The molecule has 1 amide bonds. The van der Waals surface area contributed by atoms with E-state index in [-0.39, 0.29) is 5.91 Å². The first-order valence-electron chi connectivity index (χ1n) is 8.06. The molecule has 0 bridgehead atoms. The molecule has 0 radical (unpaired) electrons. The fourth-order valence-electron chi connectivity index (χ4n) is 2.94. The quantitative estimate of drug-likeness (QED) is 0.674. The van der Waals surface area contributed by atoms with Crippen molar-refractivity contribution in [2.75, 3.05) is 29.0 Å². The van der Waals surface area contributed by atoms with Gasteiger partial charge in [-0.3, -0.25) is 4.79 Å². The standard InChI is InChI=1S/C18H18Cl3N3O/c19-11-4-5-13(20)12(8-11)18(25)23-16-10-17(15(22)9-14(16)21)24-6-2-1-3-7-24/h4-5,8-10H,1-3,6-7,22H2,(H,23,25). The van der Waals surface area contributed by atoms with E-state index in [1.807, 2.05) is 6.07 Å². The summed E-state index contributed by atoms with van der Waals surface area (Å²) in [5.41, 5.74) is 8.41. The van der Waals surface area contributed by atoms with Crippen LogP contribution in [0.15, 0.2) is 30.3 Å². The SMILES string of the molecule is Nc1cc(Cl)c(NC(=O)c2cc(Cl)ccc2Cl)cc1N1CCCCC1. The molecule has 4 nitrogen and oxygen atoms in total. The first-order valence-corrected chi connectivity index (χ1v) is 9.19. The van der Waals surface area contributed by atoms with Gasteiger partial charge in [0.15, 0.2) is 0 Å². The molecule has 7 heteroatoms. The average Bonchev–Trinajstić information content (AvgIpc) is 2.60. The second-order valence-electron chi connectivity index (χ2n) is 6.02. The summed E-state index contributed by atoms with van der Waals surface area (Å²) in [6.07, 6.45) is 3.48. The summed E-state index contributed by atoms with van der Waals surface area (Å²) in [5.74, 6) is -0.372. The molecule has 0 spiro atoms. The van der Waals surface area contributed by atoms with Crippen LogP contribution in [0.1, 0.15) is 29.6 Å². The molecule has 1 saturated heterocycles. The van der Waals surface area contributed by atoms with Gasteiger partial charge in [0.2, 0.25) is 0 Å². The van der Waals surface area contributed by atoms with Crippen LogP contribution in [0, 0.1) is 0 Å². The number of nitrogens with zero attached hydrogens (tertiary/aromatic N) is 1. The number of piperidine rings is 1. The average molecular weight is 399 g/mol. The topological polar surface area (TPSA) is 58.4 Å². The molecule has 2 aromatic rings. The highest BCUT2D eigenvalue weighted by molar-refractivity contribution is 6.37. The Kier molecular flexibility index (Phi) is 5.62. The van der Waals surface area contributed by atoms with Crippen LogP contribution >= 0.6 is 34.8 Å². The van der Waals surface area contributed by atoms with Crippen LogP contribution in [0.25, 0.3) is 0 Å². The molecule has 3 rings (SSSR count). The number of halogens is 3. The fourth-order valence-corrected chi connectivity index (χ4v) is 3.54. The van der Waals surface area contributed by atoms with Crippen molar-refractivity contribution in [2.45, 2.75) is 19.3 Å². The Morgan fingerprint density at radius 1 is 1.00 bits per heavy atom. The van der Waals surface area contributed by atoms with E-state index >= 15 is 0 Å². The number of rotatable bonds is 3. The summed E-state index contributed by atoms with van der Waals surface area (Å²) < 4.78 is 0. The van der Waals surface area contributed by atoms with Gasteiger partial charge in [0.1, 0.15) is 0 Å². The maximum atomic E-state index is 12.6. The Morgan fingerprint density at radius 2 is 1.72 bits per heavy atom. The van der Waals surface area contributed by atoms with E-state index in [9.17, 15) is 4.79 Å². The van der Waals surface area contributed by atoms with Crippen LogP contribution in [0.3, 0.4) is 0 Å². The van der Waals surface area contributed by atoms with Crippen molar-refractivity contribution in [3.63, 3.8) is 0 Å². The van der Waals surface area contributed by atoms with Crippen LogP contribution in [0.4, 0.5) is 17.1 Å². The van der Waals surface area contributed by atoms with Crippen LogP contribution in [-0.2, 0) is 0 Å². The van der Waals surface area contributed by atoms with Crippen LogP contribution in [0.2, 0.25) is 15.1 Å². The van der Waals surface area contributed by atoms with Crippen molar-refractivity contribution in [2.24, 2.45) is 0 Å². The summed E-state index contributed by atoms with van der Waals surface area (Å²) >= 11 is 18.3.